The summed E-state index contributed by atoms with van der Waals surface area (Å²) in [4.78, 5) is 2.50. The molecule has 0 aliphatic heterocycles. The van der Waals surface area contributed by atoms with Crippen molar-refractivity contribution in [1.29, 1.82) is 0 Å². The minimum absolute atomic E-state index is 0.459. The summed E-state index contributed by atoms with van der Waals surface area (Å²) in [6.45, 7) is 13.2. The van der Waals surface area contributed by atoms with E-state index in [0.29, 0.717) is 39.2 Å². The average molecular weight is 401 g/mol. The first-order valence-electron chi connectivity index (χ1n) is 12.8. The van der Waals surface area contributed by atoms with Crippen molar-refractivity contribution in [2.24, 2.45) is 44.8 Å². The Bertz CT molecular complexity index is 684. The van der Waals surface area contributed by atoms with Gasteiger partial charge in [-0.2, -0.15) is 0 Å². The van der Waals surface area contributed by atoms with Crippen LogP contribution in [0.5, 0.6) is 0 Å². The maximum atomic E-state index is 3.71. The molecule has 0 aromatic rings. The molecule has 0 aromatic carbocycles. The molecule has 5 aliphatic carbocycles. The van der Waals surface area contributed by atoms with E-state index >= 15 is 0 Å². The fourth-order valence-corrected chi connectivity index (χ4v) is 11.1. The van der Waals surface area contributed by atoms with Gasteiger partial charge in [0.15, 0.2) is 0 Å². The van der Waals surface area contributed by atoms with E-state index in [0.717, 1.165) is 17.8 Å². The summed E-state index contributed by atoms with van der Waals surface area (Å²) in [5.41, 5.74) is 2.97. The topological polar surface area (TPSA) is 15.3 Å². The van der Waals surface area contributed by atoms with E-state index in [1.165, 1.54) is 51.4 Å². The number of nitrogens with zero attached hydrogens (tertiary/aromatic N) is 1. The maximum Gasteiger partial charge on any atom is 0.0118 e. The predicted octanol–water partition coefficient (Wildman–Crippen LogP) is 5.96. The third-order valence-electron chi connectivity index (χ3n) is 13.0. The Labute approximate surface area is 181 Å². The first kappa shape index (κ1) is 20.8. The number of hydrogen-bond donors (Lipinski definition) is 1. The lowest BCUT2D eigenvalue weighted by atomic mass is 9.42. The van der Waals surface area contributed by atoms with Crippen molar-refractivity contribution in [3.05, 3.63) is 0 Å². The summed E-state index contributed by atoms with van der Waals surface area (Å²) in [5.74, 6) is 2.82. The molecule has 5 aliphatic rings. The van der Waals surface area contributed by atoms with Crippen molar-refractivity contribution in [2.45, 2.75) is 104 Å². The van der Waals surface area contributed by atoms with Crippen molar-refractivity contribution < 1.29 is 0 Å². The second-order valence-corrected chi connectivity index (χ2v) is 13.6. The molecular weight excluding hydrogens is 352 g/mol. The largest absolute Gasteiger partial charge is 0.316 e. The van der Waals surface area contributed by atoms with E-state index in [1.54, 1.807) is 6.42 Å². The second-order valence-electron chi connectivity index (χ2n) is 13.6. The van der Waals surface area contributed by atoms with Crippen LogP contribution in [0.25, 0.3) is 0 Å². The minimum Gasteiger partial charge on any atom is -0.316 e. The van der Waals surface area contributed by atoms with E-state index in [4.69, 9.17) is 0 Å². The van der Waals surface area contributed by atoms with Crippen molar-refractivity contribution in [2.75, 3.05) is 21.1 Å². The molecule has 5 saturated carbocycles. The zero-order chi connectivity index (χ0) is 21.0. The van der Waals surface area contributed by atoms with Gasteiger partial charge in [0, 0.05) is 12.1 Å². The molecule has 0 aromatic heterocycles. The summed E-state index contributed by atoms with van der Waals surface area (Å²) in [6, 6.07) is 1.43. The van der Waals surface area contributed by atoms with Gasteiger partial charge in [0.05, 0.1) is 0 Å². The van der Waals surface area contributed by atoms with Crippen LogP contribution in [-0.4, -0.2) is 38.1 Å². The third-order valence-corrected chi connectivity index (χ3v) is 13.0. The molecule has 2 spiro atoms. The lowest BCUT2D eigenvalue weighted by molar-refractivity contribution is -0.146. The SMILES string of the molecule is CN[C@H]1CC[C@]23C[C@]24CCC2(C)[C@@H]([C@H](C)N(C)C)CC[C@@]2(C)[C@@H]4CC[C@H]3C1(C)C. The van der Waals surface area contributed by atoms with Crippen LogP contribution in [0.15, 0.2) is 0 Å². The molecule has 29 heavy (non-hydrogen) atoms. The highest BCUT2D eigenvalue weighted by atomic mass is 15.1. The Hall–Kier alpha value is -0.0800. The van der Waals surface area contributed by atoms with Crippen molar-refractivity contribution >= 4 is 0 Å². The fourth-order valence-electron chi connectivity index (χ4n) is 11.1. The van der Waals surface area contributed by atoms with Crippen LogP contribution in [-0.2, 0) is 0 Å². The van der Waals surface area contributed by atoms with Gasteiger partial charge in [0.1, 0.15) is 0 Å². The van der Waals surface area contributed by atoms with Gasteiger partial charge in [0.25, 0.3) is 0 Å². The van der Waals surface area contributed by atoms with E-state index in [2.05, 4.69) is 66.0 Å². The summed E-state index contributed by atoms with van der Waals surface area (Å²) in [6.07, 6.45) is 13.5. The first-order valence-corrected chi connectivity index (χ1v) is 12.8. The third kappa shape index (κ3) is 2.22. The molecule has 1 N–H and O–H groups in total. The molecule has 0 bridgehead atoms. The summed E-state index contributed by atoms with van der Waals surface area (Å²) < 4.78 is 0. The molecule has 2 nitrogen and oxygen atoms in total. The van der Waals surface area contributed by atoms with E-state index in [9.17, 15) is 0 Å². The summed E-state index contributed by atoms with van der Waals surface area (Å²) in [5, 5.41) is 3.71. The smallest absolute Gasteiger partial charge is 0.0118 e. The van der Waals surface area contributed by atoms with Gasteiger partial charge in [0.2, 0.25) is 0 Å². The van der Waals surface area contributed by atoms with Gasteiger partial charge in [-0.05, 0) is 131 Å². The van der Waals surface area contributed by atoms with Crippen LogP contribution in [0.1, 0.15) is 92.4 Å². The fraction of sp³-hybridized carbons (Fsp3) is 1.00. The minimum atomic E-state index is 0.459. The van der Waals surface area contributed by atoms with Crippen LogP contribution in [0.3, 0.4) is 0 Å². The Morgan fingerprint density at radius 2 is 1.45 bits per heavy atom. The number of hydrogen-bond acceptors (Lipinski definition) is 2. The number of rotatable bonds is 3. The highest BCUT2D eigenvalue weighted by Gasteiger charge is 2.82. The maximum absolute atomic E-state index is 3.71. The quantitative estimate of drug-likeness (QED) is 0.628. The van der Waals surface area contributed by atoms with Crippen molar-refractivity contribution in [3.63, 3.8) is 0 Å². The lowest BCUT2D eigenvalue weighted by Crippen LogP contribution is -2.59. The van der Waals surface area contributed by atoms with Crippen LogP contribution >= 0.6 is 0 Å². The van der Waals surface area contributed by atoms with Crippen molar-refractivity contribution in [1.82, 2.24) is 10.2 Å². The molecule has 0 heterocycles. The molecule has 5 rings (SSSR count). The van der Waals surface area contributed by atoms with Gasteiger partial charge in [-0.25, -0.2) is 0 Å². The molecule has 5 fully saturated rings. The molecule has 0 radical (unpaired) electrons. The Balaban J connectivity index is 1.49. The number of nitrogens with one attached hydrogen (secondary N) is 1. The summed E-state index contributed by atoms with van der Waals surface area (Å²) in [7, 11) is 6.81. The van der Waals surface area contributed by atoms with Gasteiger partial charge >= 0.3 is 0 Å². The van der Waals surface area contributed by atoms with Gasteiger partial charge in [-0.3, -0.25) is 0 Å². The lowest BCUT2D eigenvalue weighted by Gasteiger charge is -2.63. The average Bonchev–Trinajstić information content (AvgIpc) is 3.24. The van der Waals surface area contributed by atoms with E-state index < -0.39 is 0 Å². The van der Waals surface area contributed by atoms with Crippen molar-refractivity contribution in [3.8, 4) is 0 Å². The van der Waals surface area contributed by atoms with Crippen LogP contribution < -0.4 is 5.32 Å². The van der Waals surface area contributed by atoms with Gasteiger partial charge < -0.3 is 10.2 Å². The summed E-state index contributed by atoms with van der Waals surface area (Å²) >= 11 is 0. The van der Waals surface area contributed by atoms with Gasteiger partial charge in [-0.1, -0.05) is 27.7 Å². The van der Waals surface area contributed by atoms with Crippen LogP contribution in [0, 0.1) is 44.8 Å². The normalized spacial score (nSPS) is 56.2. The highest BCUT2D eigenvalue weighted by molar-refractivity contribution is 5.31. The molecule has 166 valence electrons. The van der Waals surface area contributed by atoms with E-state index in [1.807, 2.05) is 0 Å². The monoisotopic (exact) mass is 400 g/mol. The molecule has 9 atom stereocenters. The van der Waals surface area contributed by atoms with E-state index in [-0.39, 0.29) is 0 Å². The Kier molecular flexibility index (Phi) is 4.33. The van der Waals surface area contributed by atoms with Gasteiger partial charge in [-0.15, -0.1) is 0 Å². The Morgan fingerprint density at radius 1 is 0.793 bits per heavy atom. The Morgan fingerprint density at radius 3 is 2.10 bits per heavy atom. The zero-order valence-corrected chi connectivity index (χ0v) is 20.7. The zero-order valence-electron chi connectivity index (χ0n) is 20.7. The molecule has 1 unspecified atom stereocenters. The molecule has 0 amide bonds. The number of fused-ring (bicyclic) bond motifs is 2. The standard InChI is InChI=1S/C27H48N2/c1-18(29(7)8)19-11-13-25(5)21-10-9-20-23(2,3)22(28-6)12-14-26(20)17-27(21,26)16-15-24(19,25)4/h18-22,28H,9-17H2,1-8H3/t18-,19+,20-,21-,22-,24?,25-,26+,27-/m0/s1. The first-order chi connectivity index (χ1) is 13.5. The van der Waals surface area contributed by atoms with Crippen LogP contribution in [0.4, 0.5) is 0 Å². The van der Waals surface area contributed by atoms with Crippen LogP contribution in [0.2, 0.25) is 0 Å². The highest BCUT2D eigenvalue weighted by Crippen LogP contribution is 2.88. The molecular formula is C27H48N2. The molecule has 2 heteroatoms. The second kappa shape index (κ2) is 6.03. The predicted molar refractivity (Wildman–Crippen MR) is 123 cm³/mol. The molecule has 0 saturated heterocycles.